The summed E-state index contributed by atoms with van der Waals surface area (Å²) in [6, 6.07) is 20.6. The Bertz CT molecular complexity index is 1160. The molecule has 3 amide bonds. The fraction of sp³-hybridized carbons (Fsp3) is 0.125. The SMILES string of the molecule is COC(=O)c1cccc(CN2C(=O)COc3ccc(NC(=O)Nc4ccccc4)cc32)c1. The number of para-hydroxylation sites is 1. The Kier molecular flexibility index (Phi) is 6.03. The van der Waals surface area contributed by atoms with Gasteiger partial charge in [-0.15, -0.1) is 0 Å². The van der Waals surface area contributed by atoms with Crippen LogP contribution >= 0.6 is 0 Å². The van der Waals surface area contributed by atoms with Gasteiger partial charge < -0.3 is 25.0 Å². The quantitative estimate of drug-likeness (QED) is 0.594. The molecule has 162 valence electrons. The highest BCUT2D eigenvalue weighted by atomic mass is 16.5. The van der Waals surface area contributed by atoms with Crippen LogP contribution in [0.4, 0.5) is 21.9 Å². The largest absolute Gasteiger partial charge is 0.482 e. The second kappa shape index (κ2) is 9.22. The van der Waals surface area contributed by atoms with Crippen molar-refractivity contribution >= 4 is 35.0 Å². The van der Waals surface area contributed by atoms with Crippen LogP contribution in [-0.2, 0) is 16.1 Å². The Hall–Kier alpha value is -4.33. The number of ether oxygens (including phenoxy) is 2. The lowest BCUT2D eigenvalue weighted by atomic mass is 10.1. The van der Waals surface area contributed by atoms with Crippen molar-refractivity contribution in [3.05, 3.63) is 83.9 Å². The molecule has 0 saturated carbocycles. The van der Waals surface area contributed by atoms with Crippen LogP contribution in [0.2, 0.25) is 0 Å². The number of esters is 1. The number of nitrogens with zero attached hydrogens (tertiary/aromatic N) is 1. The van der Waals surface area contributed by atoms with Gasteiger partial charge >= 0.3 is 12.0 Å². The lowest BCUT2D eigenvalue weighted by Crippen LogP contribution is -2.38. The number of amides is 3. The van der Waals surface area contributed by atoms with Crippen LogP contribution in [0, 0.1) is 0 Å². The first-order valence-corrected chi connectivity index (χ1v) is 9.91. The van der Waals surface area contributed by atoms with Gasteiger partial charge in [0.05, 0.1) is 24.9 Å². The molecular weight excluding hydrogens is 410 g/mol. The van der Waals surface area contributed by atoms with Gasteiger partial charge in [0.1, 0.15) is 5.75 Å². The van der Waals surface area contributed by atoms with Gasteiger partial charge in [-0.1, -0.05) is 30.3 Å². The van der Waals surface area contributed by atoms with E-state index in [1.165, 1.54) is 7.11 Å². The standard InChI is InChI=1S/C24H21N3O5/c1-31-23(29)17-7-5-6-16(12-17)14-27-20-13-19(10-11-21(20)32-15-22(27)28)26-24(30)25-18-8-3-2-4-9-18/h2-13H,14-15H2,1H3,(H2,25,26,30). The van der Waals surface area contributed by atoms with Crippen molar-refractivity contribution in [1.29, 1.82) is 0 Å². The summed E-state index contributed by atoms with van der Waals surface area (Å²) in [6.07, 6.45) is 0. The normalized spacial score (nSPS) is 12.4. The number of hydrogen-bond acceptors (Lipinski definition) is 5. The molecule has 1 aliphatic rings. The van der Waals surface area contributed by atoms with E-state index in [0.29, 0.717) is 28.4 Å². The highest BCUT2D eigenvalue weighted by Gasteiger charge is 2.26. The Morgan fingerprint density at radius 1 is 0.969 bits per heavy atom. The smallest absolute Gasteiger partial charge is 0.337 e. The Morgan fingerprint density at radius 2 is 1.75 bits per heavy atom. The number of carbonyl (C=O) groups excluding carboxylic acids is 3. The summed E-state index contributed by atoms with van der Waals surface area (Å²) in [5.74, 6) is -0.147. The number of methoxy groups -OCH3 is 1. The maximum atomic E-state index is 12.6. The monoisotopic (exact) mass is 431 g/mol. The first-order valence-electron chi connectivity index (χ1n) is 9.91. The molecule has 1 aliphatic heterocycles. The van der Waals surface area contributed by atoms with E-state index in [1.807, 2.05) is 24.3 Å². The van der Waals surface area contributed by atoms with E-state index >= 15 is 0 Å². The highest BCUT2D eigenvalue weighted by Crippen LogP contribution is 2.35. The van der Waals surface area contributed by atoms with Crippen LogP contribution in [0.15, 0.2) is 72.8 Å². The minimum absolute atomic E-state index is 0.0923. The molecule has 3 aromatic carbocycles. The van der Waals surface area contributed by atoms with Gasteiger partial charge in [-0.25, -0.2) is 9.59 Å². The predicted molar refractivity (Wildman–Crippen MR) is 120 cm³/mol. The molecule has 0 aliphatic carbocycles. The van der Waals surface area contributed by atoms with Crippen LogP contribution in [0.1, 0.15) is 15.9 Å². The second-order valence-corrected chi connectivity index (χ2v) is 7.09. The van der Waals surface area contributed by atoms with Crippen LogP contribution in [0.25, 0.3) is 0 Å². The zero-order valence-corrected chi connectivity index (χ0v) is 17.3. The number of hydrogen-bond donors (Lipinski definition) is 2. The van der Waals surface area contributed by atoms with E-state index in [4.69, 9.17) is 9.47 Å². The molecule has 0 spiro atoms. The first-order chi connectivity index (χ1) is 15.5. The molecule has 8 nitrogen and oxygen atoms in total. The molecule has 0 aromatic heterocycles. The topological polar surface area (TPSA) is 97.0 Å². The lowest BCUT2D eigenvalue weighted by Gasteiger charge is -2.30. The van der Waals surface area contributed by atoms with Gasteiger partial charge in [-0.2, -0.15) is 0 Å². The van der Waals surface area contributed by atoms with Gasteiger partial charge in [0.25, 0.3) is 5.91 Å². The minimum Gasteiger partial charge on any atom is -0.482 e. The fourth-order valence-corrected chi connectivity index (χ4v) is 3.37. The van der Waals surface area contributed by atoms with Gasteiger partial charge in [-0.3, -0.25) is 4.79 Å². The summed E-state index contributed by atoms with van der Waals surface area (Å²) in [7, 11) is 1.32. The van der Waals surface area contributed by atoms with E-state index in [2.05, 4.69) is 10.6 Å². The summed E-state index contributed by atoms with van der Waals surface area (Å²) in [5, 5.41) is 5.51. The lowest BCUT2D eigenvalue weighted by molar-refractivity contribution is -0.121. The third-order valence-electron chi connectivity index (χ3n) is 4.88. The maximum Gasteiger partial charge on any atom is 0.337 e. The van der Waals surface area contributed by atoms with E-state index in [0.717, 1.165) is 5.56 Å². The number of carbonyl (C=O) groups is 3. The summed E-state index contributed by atoms with van der Waals surface area (Å²) < 4.78 is 10.3. The van der Waals surface area contributed by atoms with Crippen LogP contribution in [0.3, 0.4) is 0 Å². The molecule has 2 N–H and O–H groups in total. The molecule has 0 atom stereocenters. The predicted octanol–water partition coefficient (Wildman–Crippen LogP) is 4.04. The number of urea groups is 1. The first kappa shape index (κ1) is 20.9. The van der Waals surface area contributed by atoms with Crippen molar-refractivity contribution in [1.82, 2.24) is 0 Å². The number of rotatable bonds is 5. The van der Waals surface area contributed by atoms with Crippen molar-refractivity contribution in [2.45, 2.75) is 6.54 Å². The molecule has 3 aromatic rings. The summed E-state index contributed by atoms with van der Waals surface area (Å²) >= 11 is 0. The van der Waals surface area contributed by atoms with Gasteiger partial charge in [-0.05, 0) is 48.0 Å². The van der Waals surface area contributed by atoms with E-state index < -0.39 is 12.0 Å². The molecule has 0 saturated heterocycles. The molecule has 0 bridgehead atoms. The van der Waals surface area contributed by atoms with Crippen molar-refractivity contribution in [2.24, 2.45) is 0 Å². The van der Waals surface area contributed by atoms with Gasteiger partial charge in [0.15, 0.2) is 6.61 Å². The summed E-state index contributed by atoms with van der Waals surface area (Å²) in [4.78, 5) is 38.4. The minimum atomic E-state index is -0.448. The Morgan fingerprint density at radius 3 is 2.53 bits per heavy atom. The third-order valence-corrected chi connectivity index (χ3v) is 4.88. The van der Waals surface area contributed by atoms with Gasteiger partial charge in [0, 0.05) is 11.4 Å². The van der Waals surface area contributed by atoms with E-state index in [-0.39, 0.29) is 19.1 Å². The molecule has 8 heteroatoms. The van der Waals surface area contributed by atoms with E-state index in [1.54, 1.807) is 53.4 Å². The maximum absolute atomic E-state index is 12.6. The number of benzene rings is 3. The van der Waals surface area contributed by atoms with Crippen molar-refractivity contribution in [3.8, 4) is 5.75 Å². The van der Waals surface area contributed by atoms with E-state index in [9.17, 15) is 14.4 Å². The molecular formula is C24H21N3O5. The number of fused-ring (bicyclic) bond motifs is 1. The molecule has 1 heterocycles. The fourth-order valence-electron chi connectivity index (χ4n) is 3.37. The molecule has 0 unspecified atom stereocenters. The van der Waals surface area contributed by atoms with Crippen molar-refractivity contribution < 1.29 is 23.9 Å². The zero-order valence-electron chi connectivity index (χ0n) is 17.3. The van der Waals surface area contributed by atoms with Crippen molar-refractivity contribution in [2.75, 3.05) is 29.3 Å². The zero-order chi connectivity index (χ0) is 22.5. The molecule has 4 rings (SSSR count). The van der Waals surface area contributed by atoms with Crippen LogP contribution in [-0.4, -0.2) is 31.6 Å². The molecule has 32 heavy (non-hydrogen) atoms. The number of nitrogens with one attached hydrogen (secondary N) is 2. The van der Waals surface area contributed by atoms with Crippen molar-refractivity contribution in [3.63, 3.8) is 0 Å². The Labute approximate surface area is 184 Å². The highest BCUT2D eigenvalue weighted by molar-refractivity contribution is 6.02. The van der Waals surface area contributed by atoms with Gasteiger partial charge in [0.2, 0.25) is 0 Å². The average Bonchev–Trinajstić information content (AvgIpc) is 2.81. The molecule has 0 radical (unpaired) electrons. The van der Waals surface area contributed by atoms with Crippen LogP contribution < -0.4 is 20.3 Å². The van der Waals surface area contributed by atoms with Crippen LogP contribution in [0.5, 0.6) is 5.75 Å². The molecule has 0 fully saturated rings. The summed E-state index contributed by atoms with van der Waals surface area (Å²) in [6.45, 7) is 0.144. The third kappa shape index (κ3) is 4.70. The summed E-state index contributed by atoms with van der Waals surface area (Å²) in [5.41, 5.74) is 2.85. The Balaban J connectivity index is 1.55. The second-order valence-electron chi connectivity index (χ2n) is 7.09. The number of anilines is 3. The average molecular weight is 431 g/mol.